The molecule has 0 saturated heterocycles. The standard InChI is InChI=1S/C13H13N3O5/c1-8-11(6-7-17)12(18)14-15(8)13(19)9-2-4-10(5-3-9)16(20)21/h2-5,17H,6-7H2,1H3,(H,14,18). The average molecular weight is 291 g/mol. The zero-order chi connectivity index (χ0) is 15.6. The predicted molar refractivity (Wildman–Crippen MR) is 73.4 cm³/mol. The van der Waals surface area contributed by atoms with Crippen LogP contribution < -0.4 is 5.56 Å². The number of carbonyl (C=O) groups is 1. The fourth-order valence-corrected chi connectivity index (χ4v) is 2.02. The van der Waals surface area contributed by atoms with Crippen molar-refractivity contribution in [3.63, 3.8) is 0 Å². The van der Waals surface area contributed by atoms with Gasteiger partial charge in [-0.1, -0.05) is 0 Å². The number of hydrogen-bond acceptors (Lipinski definition) is 5. The monoisotopic (exact) mass is 291 g/mol. The molecule has 0 atom stereocenters. The third-order valence-electron chi connectivity index (χ3n) is 3.15. The Hall–Kier alpha value is -2.74. The maximum Gasteiger partial charge on any atom is 0.276 e. The van der Waals surface area contributed by atoms with Crippen molar-refractivity contribution in [3.8, 4) is 0 Å². The largest absolute Gasteiger partial charge is 0.396 e. The highest BCUT2D eigenvalue weighted by atomic mass is 16.6. The molecule has 0 radical (unpaired) electrons. The fraction of sp³-hybridized carbons (Fsp3) is 0.231. The van der Waals surface area contributed by atoms with E-state index in [1.165, 1.54) is 24.3 Å². The summed E-state index contributed by atoms with van der Waals surface area (Å²) in [5, 5.41) is 21.9. The van der Waals surface area contributed by atoms with Crippen LogP contribution in [0.1, 0.15) is 21.6 Å². The number of aromatic amines is 1. The van der Waals surface area contributed by atoms with Gasteiger partial charge >= 0.3 is 0 Å². The number of aromatic nitrogens is 2. The molecule has 2 rings (SSSR count). The van der Waals surface area contributed by atoms with Crippen molar-refractivity contribution in [2.45, 2.75) is 13.3 Å². The average Bonchev–Trinajstić information content (AvgIpc) is 2.75. The van der Waals surface area contributed by atoms with Crippen molar-refractivity contribution in [1.29, 1.82) is 0 Å². The first-order valence-corrected chi connectivity index (χ1v) is 6.16. The van der Waals surface area contributed by atoms with Crippen molar-refractivity contribution in [1.82, 2.24) is 9.78 Å². The van der Waals surface area contributed by atoms with Crippen LogP contribution in [0.4, 0.5) is 5.69 Å². The molecular formula is C13H13N3O5. The summed E-state index contributed by atoms with van der Waals surface area (Å²) in [5.74, 6) is -0.497. The lowest BCUT2D eigenvalue weighted by Gasteiger charge is -2.04. The molecule has 0 saturated carbocycles. The van der Waals surface area contributed by atoms with Crippen molar-refractivity contribution in [3.05, 3.63) is 61.6 Å². The number of H-pyrrole nitrogens is 1. The van der Waals surface area contributed by atoms with E-state index < -0.39 is 16.4 Å². The summed E-state index contributed by atoms with van der Waals surface area (Å²) in [6.07, 6.45) is 0.154. The molecule has 0 spiro atoms. The maximum atomic E-state index is 12.3. The number of carbonyl (C=O) groups excluding carboxylic acids is 1. The van der Waals surface area contributed by atoms with Crippen LogP contribution in [0.15, 0.2) is 29.1 Å². The number of rotatable bonds is 4. The van der Waals surface area contributed by atoms with E-state index in [-0.39, 0.29) is 24.3 Å². The predicted octanol–water partition coefficient (Wildman–Crippen LogP) is 0.616. The van der Waals surface area contributed by atoms with Gasteiger partial charge in [0.1, 0.15) is 0 Å². The lowest BCUT2D eigenvalue weighted by Crippen LogP contribution is -2.17. The van der Waals surface area contributed by atoms with E-state index >= 15 is 0 Å². The van der Waals surface area contributed by atoms with Crippen LogP contribution in [-0.2, 0) is 6.42 Å². The van der Waals surface area contributed by atoms with E-state index in [2.05, 4.69) is 5.10 Å². The molecule has 1 aromatic heterocycles. The number of nitro groups is 1. The summed E-state index contributed by atoms with van der Waals surface area (Å²) in [7, 11) is 0. The highest BCUT2D eigenvalue weighted by Gasteiger charge is 2.17. The second-order valence-corrected chi connectivity index (χ2v) is 4.42. The number of non-ortho nitro benzene ring substituents is 1. The summed E-state index contributed by atoms with van der Waals surface area (Å²) in [4.78, 5) is 34.0. The first kappa shape index (κ1) is 14.7. The Morgan fingerprint density at radius 2 is 2.00 bits per heavy atom. The second-order valence-electron chi connectivity index (χ2n) is 4.42. The third kappa shape index (κ3) is 2.75. The van der Waals surface area contributed by atoms with E-state index in [0.29, 0.717) is 11.3 Å². The SMILES string of the molecule is Cc1c(CCO)c(=O)[nH]n1C(=O)c1ccc([N+](=O)[O-])cc1. The van der Waals surface area contributed by atoms with Gasteiger partial charge in [0.05, 0.1) is 4.92 Å². The summed E-state index contributed by atoms with van der Waals surface area (Å²) in [5.41, 5.74) is 0.415. The lowest BCUT2D eigenvalue weighted by molar-refractivity contribution is -0.384. The summed E-state index contributed by atoms with van der Waals surface area (Å²) >= 11 is 0. The second kappa shape index (κ2) is 5.71. The highest BCUT2D eigenvalue weighted by Crippen LogP contribution is 2.14. The number of aliphatic hydroxyl groups excluding tert-OH is 1. The van der Waals surface area contributed by atoms with E-state index in [9.17, 15) is 19.7 Å². The van der Waals surface area contributed by atoms with Crippen molar-refractivity contribution in [2.24, 2.45) is 0 Å². The van der Waals surface area contributed by atoms with E-state index in [1.807, 2.05) is 0 Å². The molecular weight excluding hydrogens is 278 g/mol. The molecule has 8 heteroatoms. The fourth-order valence-electron chi connectivity index (χ4n) is 2.02. The normalized spacial score (nSPS) is 10.6. The molecule has 1 aromatic carbocycles. The number of aliphatic hydroxyl groups is 1. The van der Waals surface area contributed by atoms with Gasteiger partial charge in [-0.25, -0.2) is 4.68 Å². The molecule has 0 unspecified atom stereocenters. The Balaban J connectivity index is 2.38. The number of benzene rings is 1. The summed E-state index contributed by atoms with van der Waals surface area (Å²) in [6.45, 7) is 1.39. The number of hydrogen-bond donors (Lipinski definition) is 2. The van der Waals surface area contributed by atoms with Gasteiger partial charge in [-0.15, -0.1) is 0 Å². The quantitative estimate of drug-likeness (QED) is 0.632. The molecule has 2 N–H and O–H groups in total. The van der Waals surface area contributed by atoms with E-state index in [0.717, 1.165) is 4.68 Å². The number of nitrogens with zero attached hydrogens (tertiary/aromatic N) is 2. The Labute approximate surface area is 118 Å². The Kier molecular flexibility index (Phi) is 3.99. The molecule has 110 valence electrons. The van der Waals surface area contributed by atoms with Crippen molar-refractivity contribution >= 4 is 11.6 Å². The zero-order valence-electron chi connectivity index (χ0n) is 11.2. The lowest BCUT2D eigenvalue weighted by atomic mass is 10.1. The van der Waals surface area contributed by atoms with Gasteiger partial charge in [-0.3, -0.25) is 24.8 Å². The van der Waals surface area contributed by atoms with Crippen LogP contribution in [0.3, 0.4) is 0 Å². The molecule has 0 aliphatic rings. The molecule has 0 aliphatic heterocycles. The van der Waals surface area contributed by atoms with Gasteiger partial charge < -0.3 is 5.11 Å². The molecule has 0 amide bonds. The Bertz CT molecular complexity index is 742. The van der Waals surface area contributed by atoms with Gasteiger partial charge in [0.25, 0.3) is 17.2 Å². The van der Waals surface area contributed by atoms with Crippen molar-refractivity contribution in [2.75, 3.05) is 6.61 Å². The van der Waals surface area contributed by atoms with Crippen LogP contribution in [-0.4, -0.2) is 32.3 Å². The minimum atomic E-state index is -0.559. The Morgan fingerprint density at radius 3 is 2.52 bits per heavy atom. The molecule has 0 aliphatic carbocycles. The number of nitrogens with one attached hydrogen (secondary N) is 1. The van der Waals surface area contributed by atoms with Crippen LogP contribution in [0.2, 0.25) is 0 Å². The Morgan fingerprint density at radius 1 is 1.38 bits per heavy atom. The van der Waals surface area contributed by atoms with E-state index in [1.54, 1.807) is 6.92 Å². The smallest absolute Gasteiger partial charge is 0.276 e. The first-order chi connectivity index (χ1) is 9.95. The third-order valence-corrected chi connectivity index (χ3v) is 3.15. The first-order valence-electron chi connectivity index (χ1n) is 6.16. The molecule has 1 heterocycles. The minimum Gasteiger partial charge on any atom is -0.396 e. The molecule has 8 nitrogen and oxygen atoms in total. The van der Waals surface area contributed by atoms with Crippen molar-refractivity contribution < 1.29 is 14.8 Å². The van der Waals surface area contributed by atoms with Crippen LogP contribution in [0, 0.1) is 17.0 Å². The van der Waals surface area contributed by atoms with Crippen LogP contribution in [0.25, 0.3) is 0 Å². The molecule has 0 bridgehead atoms. The maximum absolute atomic E-state index is 12.3. The highest BCUT2D eigenvalue weighted by molar-refractivity contribution is 5.96. The molecule has 21 heavy (non-hydrogen) atoms. The number of nitro benzene ring substituents is 1. The summed E-state index contributed by atoms with van der Waals surface area (Å²) in [6, 6.07) is 5.09. The zero-order valence-corrected chi connectivity index (χ0v) is 11.2. The van der Waals surface area contributed by atoms with Gasteiger partial charge in [-0.05, 0) is 19.1 Å². The van der Waals surface area contributed by atoms with Crippen LogP contribution in [0.5, 0.6) is 0 Å². The van der Waals surface area contributed by atoms with E-state index in [4.69, 9.17) is 5.11 Å². The van der Waals surface area contributed by atoms with Gasteiger partial charge in [-0.2, -0.15) is 0 Å². The van der Waals surface area contributed by atoms with Gasteiger partial charge in [0, 0.05) is 42.0 Å². The van der Waals surface area contributed by atoms with Gasteiger partial charge in [0.2, 0.25) is 0 Å². The topological polar surface area (TPSA) is 118 Å². The van der Waals surface area contributed by atoms with Crippen LogP contribution >= 0.6 is 0 Å². The molecule has 0 fully saturated rings. The minimum absolute atomic E-state index is 0.120. The summed E-state index contributed by atoms with van der Waals surface area (Å²) < 4.78 is 1.08. The van der Waals surface area contributed by atoms with Gasteiger partial charge in [0.15, 0.2) is 0 Å². The molecule has 2 aromatic rings.